The van der Waals surface area contributed by atoms with Gasteiger partial charge in [-0.1, -0.05) is 23.8 Å². The molecule has 1 aliphatic carbocycles. The molecule has 28 heavy (non-hydrogen) atoms. The molecular formula is C19H18ClFN2O5. The van der Waals surface area contributed by atoms with Crippen molar-refractivity contribution in [1.29, 1.82) is 0 Å². The Hall–Kier alpha value is -2.74. The molecule has 0 aromatic heterocycles. The third kappa shape index (κ3) is 4.39. The number of halogens is 2. The Morgan fingerprint density at radius 1 is 1.18 bits per heavy atom. The number of benzene rings is 1. The first-order chi connectivity index (χ1) is 13.4. The van der Waals surface area contributed by atoms with Gasteiger partial charge in [-0.05, 0) is 31.0 Å². The van der Waals surface area contributed by atoms with Crippen LogP contribution in [0.5, 0.6) is 0 Å². The van der Waals surface area contributed by atoms with E-state index >= 15 is 0 Å². The fourth-order valence-corrected chi connectivity index (χ4v) is 3.50. The molecular weight excluding hydrogens is 391 g/mol. The van der Waals surface area contributed by atoms with E-state index in [1.54, 1.807) is 0 Å². The van der Waals surface area contributed by atoms with E-state index in [2.05, 4.69) is 5.32 Å². The van der Waals surface area contributed by atoms with Crippen molar-refractivity contribution in [3.63, 3.8) is 0 Å². The number of carbonyl (C=O) groups is 4. The third-order valence-electron chi connectivity index (χ3n) is 4.71. The van der Waals surface area contributed by atoms with E-state index in [0.717, 1.165) is 17.0 Å². The summed E-state index contributed by atoms with van der Waals surface area (Å²) in [5.41, 5.74) is 0.189. The van der Waals surface area contributed by atoms with E-state index in [-0.39, 0.29) is 47.3 Å². The predicted octanol–water partition coefficient (Wildman–Crippen LogP) is 2.30. The van der Waals surface area contributed by atoms with Gasteiger partial charge in [0, 0.05) is 6.54 Å². The summed E-state index contributed by atoms with van der Waals surface area (Å²) >= 11 is 5.80. The maximum Gasteiger partial charge on any atom is 0.308 e. The summed E-state index contributed by atoms with van der Waals surface area (Å²) in [7, 11) is 0. The average Bonchev–Trinajstić information content (AvgIpc) is 2.91. The average molecular weight is 409 g/mol. The van der Waals surface area contributed by atoms with Crippen LogP contribution in [0.25, 0.3) is 0 Å². The van der Waals surface area contributed by atoms with Crippen molar-refractivity contribution in [2.45, 2.75) is 19.3 Å². The maximum atomic E-state index is 13.0. The minimum atomic E-state index is -0.714. The molecule has 1 heterocycles. The van der Waals surface area contributed by atoms with Gasteiger partial charge >= 0.3 is 5.97 Å². The van der Waals surface area contributed by atoms with Crippen LogP contribution < -0.4 is 5.32 Å². The van der Waals surface area contributed by atoms with Crippen LogP contribution in [-0.2, 0) is 23.9 Å². The van der Waals surface area contributed by atoms with Gasteiger partial charge in [0.1, 0.15) is 5.82 Å². The van der Waals surface area contributed by atoms with E-state index in [1.807, 2.05) is 12.2 Å². The molecule has 0 radical (unpaired) electrons. The minimum absolute atomic E-state index is 0.0155. The lowest BCUT2D eigenvalue weighted by molar-refractivity contribution is -0.148. The number of likely N-dealkylation sites (tertiary alicyclic amines) is 1. The number of nitrogens with one attached hydrogen (secondary N) is 1. The van der Waals surface area contributed by atoms with Gasteiger partial charge in [0.2, 0.25) is 11.8 Å². The lowest BCUT2D eigenvalue weighted by atomic mass is 9.85. The highest BCUT2D eigenvalue weighted by Crippen LogP contribution is 2.35. The lowest BCUT2D eigenvalue weighted by Gasteiger charge is -2.14. The van der Waals surface area contributed by atoms with Crippen LogP contribution in [0.1, 0.15) is 19.3 Å². The molecule has 0 saturated carbocycles. The quantitative estimate of drug-likeness (QED) is 0.443. The van der Waals surface area contributed by atoms with Gasteiger partial charge in [-0.2, -0.15) is 0 Å². The number of nitrogens with zero attached hydrogens (tertiary/aromatic N) is 1. The van der Waals surface area contributed by atoms with Gasteiger partial charge in [-0.3, -0.25) is 24.1 Å². The maximum absolute atomic E-state index is 13.0. The Bertz CT molecular complexity index is 831. The van der Waals surface area contributed by atoms with Gasteiger partial charge in [-0.25, -0.2) is 4.39 Å². The van der Waals surface area contributed by atoms with Crippen molar-refractivity contribution >= 4 is 41.0 Å². The van der Waals surface area contributed by atoms with Crippen molar-refractivity contribution in [2.75, 3.05) is 18.5 Å². The summed E-state index contributed by atoms with van der Waals surface area (Å²) in [6.07, 6.45) is 4.63. The van der Waals surface area contributed by atoms with Crippen molar-refractivity contribution in [3.05, 3.63) is 41.2 Å². The van der Waals surface area contributed by atoms with E-state index < -0.39 is 24.3 Å². The van der Waals surface area contributed by atoms with Gasteiger partial charge < -0.3 is 10.1 Å². The molecule has 7 nitrogen and oxygen atoms in total. The van der Waals surface area contributed by atoms with E-state index in [1.165, 1.54) is 6.07 Å². The Labute approximate surface area is 165 Å². The highest BCUT2D eigenvalue weighted by Gasteiger charge is 2.46. The molecule has 2 aliphatic rings. The zero-order chi connectivity index (χ0) is 20.3. The normalized spacial score (nSPS) is 20.9. The SMILES string of the molecule is O=C(COC(=O)CCN1C(=O)[C@@H]2CC=CC[C@H]2C1=O)Nc1ccc(F)cc1Cl. The molecule has 1 N–H and O–H groups in total. The summed E-state index contributed by atoms with van der Waals surface area (Å²) < 4.78 is 17.8. The number of hydrogen-bond donors (Lipinski definition) is 1. The number of anilines is 1. The molecule has 148 valence electrons. The fourth-order valence-electron chi connectivity index (χ4n) is 3.29. The number of carbonyl (C=O) groups excluding carboxylic acids is 4. The second-order valence-corrected chi connectivity index (χ2v) is 6.97. The van der Waals surface area contributed by atoms with E-state index in [0.29, 0.717) is 12.8 Å². The number of fused-ring (bicyclic) bond motifs is 1. The Balaban J connectivity index is 1.44. The zero-order valence-electron chi connectivity index (χ0n) is 14.8. The largest absolute Gasteiger partial charge is 0.456 e. The molecule has 0 bridgehead atoms. The monoisotopic (exact) mass is 408 g/mol. The number of amides is 3. The molecule has 2 atom stereocenters. The smallest absolute Gasteiger partial charge is 0.308 e. The summed E-state index contributed by atoms with van der Waals surface area (Å²) in [6, 6.07) is 3.46. The molecule has 1 saturated heterocycles. The molecule has 3 amide bonds. The van der Waals surface area contributed by atoms with Crippen molar-refractivity contribution < 1.29 is 28.3 Å². The molecule has 0 unspecified atom stereocenters. The number of rotatable bonds is 6. The highest BCUT2D eigenvalue weighted by atomic mass is 35.5. The predicted molar refractivity (Wildman–Crippen MR) is 97.7 cm³/mol. The van der Waals surface area contributed by atoms with Gasteiger partial charge in [0.05, 0.1) is 29.0 Å². The first-order valence-corrected chi connectivity index (χ1v) is 9.15. The first kappa shape index (κ1) is 20.0. The molecule has 3 rings (SSSR count). The standard InChI is InChI=1S/C19H18ClFN2O5/c20-14-9-11(21)5-6-15(14)22-16(24)10-28-17(25)7-8-23-18(26)12-3-1-2-4-13(12)19(23)27/h1-2,5-6,9,12-13H,3-4,7-8,10H2,(H,22,24)/t12-,13-/m1/s1. The Kier molecular flexibility index (Phi) is 6.08. The second kappa shape index (κ2) is 8.52. The molecule has 1 aromatic rings. The summed E-state index contributed by atoms with van der Waals surface area (Å²) in [5, 5.41) is 2.41. The molecule has 1 aromatic carbocycles. The van der Waals surface area contributed by atoms with Gasteiger partial charge in [-0.15, -0.1) is 0 Å². The number of esters is 1. The summed E-state index contributed by atoms with van der Waals surface area (Å²) in [5.74, 6) is -3.14. The molecule has 1 aliphatic heterocycles. The number of allylic oxidation sites excluding steroid dienone is 2. The molecule has 9 heteroatoms. The molecule has 1 fully saturated rings. The highest BCUT2D eigenvalue weighted by molar-refractivity contribution is 6.33. The summed E-state index contributed by atoms with van der Waals surface area (Å²) in [4.78, 5) is 49.4. The fraction of sp³-hybridized carbons (Fsp3) is 0.368. The Morgan fingerprint density at radius 3 is 2.43 bits per heavy atom. The van der Waals surface area contributed by atoms with Crippen LogP contribution >= 0.6 is 11.6 Å². The first-order valence-electron chi connectivity index (χ1n) is 8.77. The number of hydrogen-bond acceptors (Lipinski definition) is 5. The summed E-state index contributed by atoms with van der Waals surface area (Å²) in [6.45, 7) is -0.640. The van der Waals surface area contributed by atoms with Crippen molar-refractivity contribution in [3.8, 4) is 0 Å². The molecule has 0 spiro atoms. The Morgan fingerprint density at radius 2 is 1.82 bits per heavy atom. The van der Waals surface area contributed by atoms with Crippen molar-refractivity contribution in [2.24, 2.45) is 11.8 Å². The third-order valence-corrected chi connectivity index (χ3v) is 5.02. The second-order valence-electron chi connectivity index (χ2n) is 6.57. The zero-order valence-corrected chi connectivity index (χ0v) is 15.6. The van der Waals surface area contributed by atoms with Crippen LogP contribution in [0, 0.1) is 17.7 Å². The van der Waals surface area contributed by atoms with Crippen LogP contribution in [0.4, 0.5) is 10.1 Å². The van der Waals surface area contributed by atoms with Crippen LogP contribution in [0.15, 0.2) is 30.4 Å². The van der Waals surface area contributed by atoms with E-state index in [9.17, 15) is 23.6 Å². The van der Waals surface area contributed by atoms with Crippen molar-refractivity contribution in [1.82, 2.24) is 4.90 Å². The van der Waals surface area contributed by atoms with Crippen LogP contribution in [0.2, 0.25) is 5.02 Å². The number of ether oxygens (including phenoxy) is 1. The minimum Gasteiger partial charge on any atom is -0.456 e. The number of imide groups is 1. The van der Waals surface area contributed by atoms with E-state index in [4.69, 9.17) is 16.3 Å². The van der Waals surface area contributed by atoms with Gasteiger partial charge in [0.15, 0.2) is 6.61 Å². The van der Waals surface area contributed by atoms with Gasteiger partial charge in [0.25, 0.3) is 5.91 Å². The lowest BCUT2D eigenvalue weighted by Crippen LogP contribution is -2.33. The van der Waals surface area contributed by atoms with Crippen LogP contribution in [0.3, 0.4) is 0 Å². The van der Waals surface area contributed by atoms with Crippen LogP contribution in [-0.4, -0.2) is 41.7 Å². The topological polar surface area (TPSA) is 92.8 Å².